The van der Waals surface area contributed by atoms with E-state index in [4.69, 9.17) is 4.74 Å². The standard InChI is InChI=1S/C14H18F3NO3/c1-8-5-6-9(11(19)14(15,16)17)7-10(8)18-12(20)21-13(2,3)4/h5-7,11,19H,1-4H3,(H,18,20). The highest BCUT2D eigenvalue weighted by Gasteiger charge is 2.39. The maximum atomic E-state index is 12.5. The first-order valence-electron chi connectivity index (χ1n) is 6.25. The first-order chi connectivity index (χ1) is 9.40. The molecule has 0 saturated carbocycles. The van der Waals surface area contributed by atoms with Crippen molar-refractivity contribution in [1.82, 2.24) is 0 Å². The molecule has 1 aromatic carbocycles. The minimum absolute atomic E-state index is 0.157. The molecule has 0 spiro atoms. The van der Waals surface area contributed by atoms with Crippen molar-refractivity contribution in [2.75, 3.05) is 5.32 Å². The maximum absolute atomic E-state index is 12.5. The summed E-state index contributed by atoms with van der Waals surface area (Å²) in [6, 6.07) is 3.63. The Labute approximate surface area is 120 Å². The quantitative estimate of drug-likeness (QED) is 0.870. The number of amides is 1. The van der Waals surface area contributed by atoms with Crippen molar-refractivity contribution in [2.45, 2.75) is 45.6 Å². The molecule has 0 aromatic heterocycles. The van der Waals surface area contributed by atoms with E-state index in [1.54, 1.807) is 27.7 Å². The zero-order valence-corrected chi connectivity index (χ0v) is 12.2. The predicted molar refractivity (Wildman–Crippen MR) is 72.1 cm³/mol. The van der Waals surface area contributed by atoms with Gasteiger partial charge in [0.1, 0.15) is 5.60 Å². The third-order valence-electron chi connectivity index (χ3n) is 2.52. The van der Waals surface area contributed by atoms with Crippen LogP contribution >= 0.6 is 0 Å². The highest BCUT2D eigenvalue weighted by atomic mass is 19.4. The molecule has 1 unspecified atom stereocenters. The van der Waals surface area contributed by atoms with Crippen molar-refractivity contribution in [1.29, 1.82) is 0 Å². The molecule has 1 atom stereocenters. The van der Waals surface area contributed by atoms with Gasteiger partial charge in [-0.2, -0.15) is 13.2 Å². The summed E-state index contributed by atoms with van der Waals surface area (Å²) in [5.41, 5.74) is -0.357. The molecular formula is C14H18F3NO3. The first kappa shape index (κ1) is 17.3. The van der Waals surface area contributed by atoms with Crippen LogP contribution in [0.3, 0.4) is 0 Å². The second kappa shape index (κ2) is 5.93. The number of hydrogen-bond acceptors (Lipinski definition) is 3. The topological polar surface area (TPSA) is 58.6 Å². The molecule has 118 valence electrons. The fourth-order valence-electron chi connectivity index (χ4n) is 1.55. The average molecular weight is 305 g/mol. The second-order valence-electron chi connectivity index (χ2n) is 5.65. The fraction of sp³-hybridized carbons (Fsp3) is 0.500. The number of aryl methyl sites for hydroxylation is 1. The molecule has 0 heterocycles. The van der Waals surface area contributed by atoms with E-state index < -0.39 is 24.0 Å². The smallest absolute Gasteiger partial charge is 0.418 e. The number of carbonyl (C=O) groups is 1. The van der Waals surface area contributed by atoms with E-state index in [1.807, 2.05) is 0 Å². The predicted octanol–water partition coefficient (Wildman–Crippen LogP) is 3.94. The van der Waals surface area contributed by atoms with Gasteiger partial charge < -0.3 is 9.84 Å². The number of nitrogens with one attached hydrogen (secondary N) is 1. The van der Waals surface area contributed by atoms with Crippen LogP contribution in [0.25, 0.3) is 0 Å². The molecule has 0 fully saturated rings. The van der Waals surface area contributed by atoms with E-state index in [0.29, 0.717) is 5.56 Å². The maximum Gasteiger partial charge on any atom is 0.418 e. The molecule has 21 heavy (non-hydrogen) atoms. The normalized spacial score (nSPS) is 13.7. The summed E-state index contributed by atoms with van der Waals surface area (Å²) in [4.78, 5) is 11.6. The monoisotopic (exact) mass is 305 g/mol. The minimum Gasteiger partial charge on any atom is -0.444 e. The van der Waals surface area contributed by atoms with E-state index in [0.717, 1.165) is 12.1 Å². The summed E-state index contributed by atoms with van der Waals surface area (Å²) in [5.74, 6) is 0. The van der Waals surface area contributed by atoms with Crippen LogP contribution < -0.4 is 5.32 Å². The summed E-state index contributed by atoms with van der Waals surface area (Å²) < 4.78 is 42.5. The number of anilines is 1. The summed E-state index contributed by atoms with van der Waals surface area (Å²) in [6.07, 6.45) is -8.14. The van der Waals surface area contributed by atoms with E-state index in [9.17, 15) is 23.1 Å². The van der Waals surface area contributed by atoms with E-state index in [1.165, 1.54) is 6.07 Å². The number of aliphatic hydroxyl groups is 1. The van der Waals surface area contributed by atoms with Crippen LogP contribution in [0.5, 0.6) is 0 Å². The number of benzene rings is 1. The average Bonchev–Trinajstić information content (AvgIpc) is 2.27. The van der Waals surface area contributed by atoms with Crippen molar-refractivity contribution in [3.63, 3.8) is 0 Å². The molecule has 1 amide bonds. The van der Waals surface area contributed by atoms with Crippen molar-refractivity contribution in [3.8, 4) is 0 Å². The van der Waals surface area contributed by atoms with Gasteiger partial charge >= 0.3 is 12.3 Å². The summed E-state index contributed by atoms with van der Waals surface area (Å²) in [6.45, 7) is 6.63. The molecule has 0 aliphatic heterocycles. The van der Waals surface area contributed by atoms with Crippen LogP contribution in [0.15, 0.2) is 18.2 Å². The van der Waals surface area contributed by atoms with Crippen LogP contribution in [0, 0.1) is 6.92 Å². The van der Waals surface area contributed by atoms with Crippen LogP contribution in [-0.4, -0.2) is 23.0 Å². The Morgan fingerprint density at radius 3 is 2.33 bits per heavy atom. The van der Waals surface area contributed by atoms with E-state index in [-0.39, 0.29) is 11.3 Å². The highest BCUT2D eigenvalue weighted by molar-refractivity contribution is 5.86. The van der Waals surface area contributed by atoms with Gasteiger partial charge in [-0.3, -0.25) is 5.32 Å². The summed E-state index contributed by atoms with van der Waals surface area (Å²) in [7, 11) is 0. The first-order valence-corrected chi connectivity index (χ1v) is 6.25. The van der Waals surface area contributed by atoms with Crippen molar-refractivity contribution in [3.05, 3.63) is 29.3 Å². The SMILES string of the molecule is Cc1ccc(C(O)C(F)(F)F)cc1NC(=O)OC(C)(C)C. The van der Waals surface area contributed by atoms with Gasteiger partial charge in [-0.25, -0.2) is 4.79 Å². The van der Waals surface area contributed by atoms with Crippen LogP contribution in [0.4, 0.5) is 23.7 Å². The molecule has 0 aliphatic rings. The molecule has 1 aromatic rings. The summed E-state index contributed by atoms with van der Waals surface area (Å²) >= 11 is 0. The van der Waals surface area contributed by atoms with Crippen LogP contribution in [-0.2, 0) is 4.74 Å². The molecule has 2 N–H and O–H groups in total. The van der Waals surface area contributed by atoms with Crippen LogP contribution in [0.2, 0.25) is 0 Å². The van der Waals surface area contributed by atoms with Crippen molar-refractivity contribution in [2.24, 2.45) is 0 Å². The lowest BCUT2D eigenvalue weighted by Crippen LogP contribution is -2.27. The van der Waals surface area contributed by atoms with Gasteiger partial charge in [0, 0.05) is 5.69 Å². The molecule has 0 saturated heterocycles. The van der Waals surface area contributed by atoms with Crippen LogP contribution in [0.1, 0.15) is 38.0 Å². The molecular weight excluding hydrogens is 287 g/mol. The number of carbonyl (C=O) groups excluding carboxylic acids is 1. The number of ether oxygens (including phenoxy) is 1. The second-order valence-corrected chi connectivity index (χ2v) is 5.65. The largest absolute Gasteiger partial charge is 0.444 e. The zero-order valence-electron chi connectivity index (χ0n) is 12.2. The number of halogens is 3. The Kier molecular flexibility index (Phi) is 4.88. The number of aliphatic hydroxyl groups excluding tert-OH is 1. The molecule has 0 radical (unpaired) electrons. The van der Waals surface area contributed by atoms with Gasteiger partial charge in [-0.1, -0.05) is 12.1 Å². The van der Waals surface area contributed by atoms with E-state index >= 15 is 0 Å². The highest BCUT2D eigenvalue weighted by Crippen LogP contribution is 2.34. The van der Waals surface area contributed by atoms with Crippen molar-refractivity contribution >= 4 is 11.8 Å². The Hall–Kier alpha value is -1.76. The zero-order chi connectivity index (χ0) is 16.4. The third-order valence-corrected chi connectivity index (χ3v) is 2.52. The lowest BCUT2D eigenvalue weighted by molar-refractivity contribution is -0.206. The van der Waals surface area contributed by atoms with Gasteiger partial charge in [-0.15, -0.1) is 0 Å². The van der Waals surface area contributed by atoms with Gasteiger partial charge in [-0.05, 0) is 44.9 Å². The van der Waals surface area contributed by atoms with Gasteiger partial charge in [0.15, 0.2) is 6.10 Å². The Morgan fingerprint density at radius 1 is 1.29 bits per heavy atom. The third kappa shape index (κ3) is 5.26. The Bertz CT molecular complexity index is 521. The molecule has 1 rings (SSSR count). The minimum atomic E-state index is -4.77. The number of alkyl halides is 3. The lowest BCUT2D eigenvalue weighted by Gasteiger charge is -2.21. The van der Waals surface area contributed by atoms with Crippen molar-refractivity contribution < 1.29 is 27.8 Å². The lowest BCUT2D eigenvalue weighted by atomic mass is 10.1. The molecule has 0 aliphatic carbocycles. The van der Waals surface area contributed by atoms with E-state index in [2.05, 4.69) is 5.32 Å². The molecule has 4 nitrogen and oxygen atoms in total. The Balaban J connectivity index is 2.96. The molecule has 7 heteroatoms. The Morgan fingerprint density at radius 2 is 1.86 bits per heavy atom. The van der Waals surface area contributed by atoms with Gasteiger partial charge in [0.05, 0.1) is 0 Å². The fourth-order valence-corrected chi connectivity index (χ4v) is 1.55. The number of hydrogen-bond donors (Lipinski definition) is 2. The van der Waals surface area contributed by atoms with Gasteiger partial charge in [0.25, 0.3) is 0 Å². The number of rotatable bonds is 2. The van der Waals surface area contributed by atoms with Gasteiger partial charge in [0.2, 0.25) is 0 Å². The summed E-state index contributed by atoms with van der Waals surface area (Å²) in [5, 5.41) is 11.6. The molecule has 0 bridgehead atoms.